The first-order valence-corrected chi connectivity index (χ1v) is 12.5. The Kier molecular flexibility index (Phi) is 16.0. The third-order valence-electron chi connectivity index (χ3n) is 2.90. The fraction of sp³-hybridized carbons (Fsp3) is 1.00. The summed E-state index contributed by atoms with van der Waals surface area (Å²) >= 11 is -3.55. The van der Waals surface area contributed by atoms with E-state index in [1.54, 1.807) is 0 Å². The first-order chi connectivity index (χ1) is 10.2. The van der Waals surface area contributed by atoms with E-state index in [1.165, 1.54) is 0 Å². The van der Waals surface area contributed by atoms with Crippen molar-refractivity contribution in [3.05, 3.63) is 0 Å². The average molecular weight is 420 g/mol. The molecule has 0 radical (unpaired) electrons. The standard InChI is InChI=1S/C16H36O4Te/c1-5-9-13-17-21(18-14-10-6-2,19-15-11-7-3)20-16-12-8-4/h5-16H2,1-4H3. The van der Waals surface area contributed by atoms with Gasteiger partial charge in [0.25, 0.3) is 0 Å². The molecule has 0 N–H and O–H groups in total. The van der Waals surface area contributed by atoms with E-state index >= 15 is 0 Å². The molecule has 0 heterocycles. The van der Waals surface area contributed by atoms with Crippen LogP contribution in [0.3, 0.4) is 0 Å². The molecule has 0 saturated carbocycles. The summed E-state index contributed by atoms with van der Waals surface area (Å²) in [5, 5.41) is 0. The molecule has 0 aromatic rings. The Bertz CT molecular complexity index is 169. The maximum absolute atomic E-state index is 6.03. The van der Waals surface area contributed by atoms with Gasteiger partial charge in [-0.25, -0.2) is 0 Å². The van der Waals surface area contributed by atoms with Gasteiger partial charge in [-0.1, -0.05) is 0 Å². The number of hydrogen-bond donors (Lipinski definition) is 0. The number of unbranched alkanes of at least 4 members (excludes halogenated alkanes) is 4. The van der Waals surface area contributed by atoms with Gasteiger partial charge in [0.1, 0.15) is 0 Å². The van der Waals surface area contributed by atoms with Crippen LogP contribution in [0.1, 0.15) is 79.1 Å². The van der Waals surface area contributed by atoms with Crippen LogP contribution in [0.5, 0.6) is 0 Å². The second-order valence-corrected chi connectivity index (χ2v) is 10.1. The molecular formula is C16H36O4Te. The normalized spacial score (nSPS) is 12.8. The zero-order chi connectivity index (χ0) is 15.8. The first kappa shape index (κ1) is 21.6. The summed E-state index contributed by atoms with van der Waals surface area (Å²) in [5.41, 5.74) is 0. The molecule has 0 aliphatic carbocycles. The summed E-state index contributed by atoms with van der Waals surface area (Å²) in [6, 6.07) is 0. The van der Waals surface area contributed by atoms with Gasteiger partial charge in [0, 0.05) is 0 Å². The van der Waals surface area contributed by atoms with Gasteiger partial charge in [0.05, 0.1) is 0 Å². The van der Waals surface area contributed by atoms with Gasteiger partial charge < -0.3 is 0 Å². The second-order valence-electron chi connectivity index (χ2n) is 5.11. The molecule has 0 aromatic carbocycles. The number of rotatable bonds is 16. The molecule has 0 unspecified atom stereocenters. The van der Waals surface area contributed by atoms with Gasteiger partial charge in [-0.05, 0) is 0 Å². The van der Waals surface area contributed by atoms with Crippen molar-refractivity contribution in [3.63, 3.8) is 0 Å². The molecule has 0 spiro atoms. The van der Waals surface area contributed by atoms with Crippen LogP contribution < -0.4 is 0 Å². The van der Waals surface area contributed by atoms with Crippen molar-refractivity contribution in [1.82, 2.24) is 0 Å². The predicted octanol–water partition coefficient (Wildman–Crippen LogP) is 4.69. The third kappa shape index (κ3) is 11.8. The predicted molar refractivity (Wildman–Crippen MR) is 89.2 cm³/mol. The summed E-state index contributed by atoms with van der Waals surface area (Å²) in [7, 11) is 0. The topological polar surface area (TPSA) is 36.9 Å². The molecule has 5 heteroatoms. The van der Waals surface area contributed by atoms with Crippen LogP contribution in [0.4, 0.5) is 0 Å². The molecule has 0 amide bonds. The second kappa shape index (κ2) is 15.5. The Labute approximate surface area is 137 Å². The van der Waals surface area contributed by atoms with Gasteiger partial charge in [-0.3, -0.25) is 0 Å². The van der Waals surface area contributed by atoms with Gasteiger partial charge in [-0.15, -0.1) is 0 Å². The van der Waals surface area contributed by atoms with Gasteiger partial charge >= 0.3 is 138 Å². The summed E-state index contributed by atoms with van der Waals surface area (Å²) in [5.74, 6) is 0. The van der Waals surface area contributed by atoms with Crippen LogP contribution in [-0.2, 0) is 12.4 Å². The number of hydrogen-bond acceptors (Lipinski definition) is 4. The molecule has 130 valence electrons. The Balaban J connectivity index is 4.52. The van der Waals surface area contributed by atoms with Crippen LogP contribution in [0.2, 0.25) is 0 Å². The monoisotopic (exact) mass is 422 g/mol. The Morgan fingerprint density at radius 1 is 0.476 bits per heavy atom. The van der Waals surface area contributed by atoms with E-state index in [4.69, 9.17) is 12.4 Å². The van der Waals surface area contributed by atoms with Crippen molar-refractivity contribution in [3.8, 4) is 0 Å². The molecule has 0 rings (SSSR count). The molecule has 0 saturated heterocycles. The Morgan fingerprint density at radius 2 is 0.714 bits per heavy atom. The van der Waals surface area contributed by atoms with E-state index in [2.05, 4.69) is 27.7 Å². The summed E-state index contributed by atoms with van der Waals surface area (Å²) in [4.78, 5) is 0. The molecule has 0 bridgehead atoms. The zero-order valence-corrected chi connectivity index (χ0v) is 16.9. The third-order valence-corrected chi connectivity index (χ3v) is 8.10. The van der Waals surface area contributed by atoms with Crippen molar-refractivity contribution in [1.29, 1.82) is 0 Å². The Morgan fingerprint density at radius 3 is 0.905 bits per heavy atom. The van der Waals surface area contributed by atoms with E-state index < -0.39 is 19.8 Å². The summed E-state index contributed by atoms with van der Waals surface area (Å²) in [6.45, 7) is 11.4. The molecule has 0 aliphatic heterocycles. The molecule has 0 atom stereocenters. The van der Waals surface area contributed by atoms with Crippen molar-refractivity contribution in [2.24, 2.45) is 0 Å². The van der Waals surface area contributed by atoms with Crippen LogP contribution in [-0.4, -0.2) is 46.3 Å². The quantitative estimate of drug-likeness (QED) is 0.268. The average Bonchev–Trinajstić information content (AvgIpc) is 2.48. The van der Waals surface area contributed by atoms with Crippen molar-refractivity contribution < 1.29 is 12.4 Å². The van der Waals surface area contributed by atoms with E-state index in [9.17, 15) is 0 Å². The molecule has 21 heavy (non-hydrogen) atoms. The molecule has 4 nitrogen and oxygen atoms in total. The van der Waals surface area contributed by atoms with E-state index in [0.29, 0.717) is 26.4 Å². The fourth-order valence-electron chi connectivity index (χ4n) is 1.43. The first-order valence-electron chi connectivity index (χ1n) is 8.65. The minimum atomic E-state index is -3.55. The van der Waals surface area contributed by atoms with Crippen molar-refractivity contribution >= 4 is 19.8 Å². The zero-order valence-electron chi connectivity index (χ0n) is 14.5. The van der Waals surface area contributed by atoms with Crippen LogP contribution >= 0.6 is 0 Å². The SMILES string of the molecule is CCCCO[Te](OCCCC)(OCCCC)OCCCC. The summed E-state index contributed by atoms with van der Waals surface area (Å²) in [6.07, 6.45) is 8.54. The van der Waals surface area contributed by atoms with Gasteiger partial charge in [-0.2, -0.15) is 0 Å². The summed E-state index contributed by atoms with van der Waals surface area (Å²) < 4.78 is 24.1. The fourth-order valence-corrected chi connectivity index (χ4v) is 6.27. The Hall–Kier alpha value is 0.630. The van der Waals surface area contributed by atoms with Crippen LogP contribution in [0.15, 0.2) is 0 Å². The maximum atomic E-state index is 6.03. The molecular weight excluding hydrogens is 384 g/mol. The van der Waals surface area contributed by atoms with E-state index in [0.717, 1.165) is 51.4 Å². The van der Waals surface area contributed by atoms with E-state index in [-0.39, 0.29) is 0 Å². The van der Waals surface area contributed by atoms with Crippen LogP contribution in [0.25, 0.3) is 0 Å². The molecule has 0 aromatic heterocycles. The van der Waals surface area contributed by atoms with Crippen LogP contribution in [0, 0.1) is 0 Å². The minimum absolute atomic E-state index is 0.683. The van der Waals surface area contributed by atoms with Crippen molar-refractivity contribution in [2.45, 2.75) is 79.1 Å². The van der Waals surface area contributed by atoms with Gasteiger partial charge in [0.2, 0.25) is 0 Å². The molecule has 0 aliphatic rings. The van der Waals surface area contributed by atoms with Crippen molar-refractivity contribution in [2.75, 3.05) is 26.4 Å². The van der Waals surface area contributed by atoms with Gasteiger partial charge in [0.15, 0.2) is 0 Å². The van der Waals surface area contributed by atoms with E-state index in [1.807, 2.05) is 0 Å². The molecule has 0 fully saturated rings.